The van der Waals surface area contributed by atoms with Gasteiger partial charge in [0, 0.05) is 35.9 Å². The summed E-state index contributed by atoms with van der Waals surface area (Å²) in [6.45, 7) is 10.1. The number of hydrogen-bond acceptors (Lipinski definition) is 5. The fourth-order valence-corrected chi connectivity index (χ4v) is 5.45. The fourth-order valence-electron chi connectivity index (χ4n) is 5.45. The molecule has 2 aliphatic carbocycles. The van der Waals surface area contributed by atoms with Gasteiger partial charge in [-0.3, -0.25) is 4.79 Å². The SMILES string of the molecule is COC(=O)N[C@]1(C)C[C@H](C(=O)N2CCC3(CC2)CC(c2nc(C(C)(C)C)co2)C3)C1. The van der Waals surface area contributed by atoms with E-state index in [1.54, 1.807) is 0 Å². The number of piperidine rings is 1. The molecule has 0 atom stereocenters. The second kappa shape index (κ2) is 7.27. The highest BCUT2D eigenvalue weighted by molar-refractivity contribution is 5.81. The third kappa shape index (κ3) is 3.95. The highest BCUT2D eigenvalue weighted by Crippen LogP contribution is 2.56. The van der Waals surface area contributed by atoms with Crippen molar-refractivity contribution in [2.45, 2.75) is 83.1 Å². The summed E-state index contributed by atoms with van der Waals surface area (Å²) in [6, 6.07) is 0. The zero-order valence-electron chi connectivity index (χ0n) is 18.9. The molecule has 1 aromatic rings. The first kappa shape index (κ1) is 21.2. The number of hydrogen-bond donors (Lipinski definition) is 1. The Hall–Kier alpha value is -2.05. The van der Waals surface area contributed by atoms with Gasteiger partial charge in [0.1, 0.15) is 6.26 Å². The van der Waals surface area contributed by atoms with Crippen molar-refractivity contribution in [1.29, 1.82) is 0 Å². The number of carbonyl (C=O) groups excluding carboxylic acids is 2. The van der Waals surface area contributed by atoms with Crippen molar-refractivity contribution in [3.8, 4) is 0 Å². The summed E-state index contributed by atoms with van der Waals surface area (Å²) in [6.07, 6.45) is 7.11. The number of alkyl carbamates (subject to hydrolysis) is 1. The first-order valence-corrected chi connectivity index (χ1v) is 11.1. The Morgan fingerprint density at radius 3 is 2.37 bits per heavy atom. The Morgan fingerprint density at radius 2 is 1.83 bits per heavy atom. The second-order valence-corrected chi connectivity index (χ2v) is 11.0. The predicted molar refractivity (Wildman–Crippen MR) is 112 cm³/mol. The van der Waals surface area contributed by atoms with Gasteiger partial charge in [0.2, 0.25) is 5.91 Å². The monoisotopic (exact) mass is 417 g/mol. The van der Waals surface area contributed by atoms with Gasteiger partial charge in [-0.1, -0.05) is 20.8 Å². The Bertz CT molecular complexity index is 803. The summed E-state index contributed by atoms with van der Waals surface area (Å²) in [7, 11) is 1.36. The van der Waals surface area contributed by atoms with Crippen LogP contribution in [0.25, 0.3) is 0 Å². The molecule has 1 spiro atoms. The number of ether oxygens (including phenoxy) is 1. The van der Waals surface area contributed by atoms with Gasteiger partial charge in [-0.2, -0.15) is 0 Å². The number of likely N-dealkylation sites (tertiary alicyclic amines) is 1. The van der Waals surface area contributed by atoms with Crippen LogP contribution in [0.1, 0.15) is 83.7 Å². The molecule has 1 aromatic heterocycles. The zero-order valence-corrected chi connectivity index (χ0v) is 18.9. The molecular weight excluding hydrogens is 382 g/mol. The maximum Gasteiger partial charge on any atom is 0.407 e. The molecule has 0 radical (unpaired) electrons. The van der Waals surface area contributed by atoms with Crippen LogP contribution in [0.2, 0.25) is 0 Å². The predicted octanol–water partition coefficient (Wildman–Crippen LogP) is 3.98. The van der Waals surface area contributed by atoms with E-state index in [4.69, 9.17) is 9.40 Å². The molecule has 0 unspecified atom stereocenters. The quantitative estimate of drug-likeness (QED) is 0.804. The highest BCUT2D eigenvalue weighted by atomic mass is 16.5. The topological polar surface area (TPSA) is 84.7 Å². The van der Waals surface area contributed by atoms with E-state index in [0.717, 1.165) is 50.4 Å². The molecule has 3 aliphatic rings. The zero-order chi connectivity index (χ0) is 21.7. The first-order chi connectivity index (χ1) is 14.0. The molecule has 4 rings (SSSR count). The fraction of sp³-hybridized carbons (Fsp3) is 0.783. The van der Waals surface area contributed by atoms with E-state index in [9.17, 15) is 9.59 Å². The van der Waals surface area contributed by atoms with Crippen LogP contribution in [0, 0.1) is 11.3 Å². The van der Waals surface area contributed by atoms with Crippen molar-refractivity contribution in [3.05, 3.63) is 17.8 Å². The number of rotatable bonds is 3. The Labute approximate surface area is 178 Å². The molecule has 30 heavy (non-hydrogen) atoms. The van der Waals surface area contributed by atoms with Crippen LogP contribution < -0.4 is 5.32 Å². The maximum absolute atomic E-state index is 12.9. The van der Waals surface area contributed by atoms with Gasteiger partial charge in [-0.15, -0.1) is 0 Å². The summed E-state index contributed by atoms with van der Waals surface area (Å²) in [5.41, 5.74) is 1.05. The molecular formula is C23H35N3O4. The van der Waals surface area contributed by atoms with Gasteiger partial charge >= 0.3 is 6.09 Å². The van der Waals surface area contributed by atoms with E-state index in [1.165, 1.54) is 7.11 Å². The minimum absolute atomic E-state index is 0.0125. The molecule has 1 aliphatic heterocycles. The molecule has 0 aromatic carbocycles. The lowest BCUT2D eigenvalue weighted by Gasteiger charge is -2.52. The number of amides is 2. The largest absolute Gasteiger partial charge is 0.453 e. The van der Waals surface area contributed by atoms with Gasteiger partial charge in [0.05, 0.1) is 12.8 Å². The minimum Gasteiger partial charge on any atom is -0.453 e. The lowest BCUT2D eigenvalue weighted by molar-refractivity contribution is -0.144. The van der Waals surface area contributed by atoms with Crippen LogP contribution in [0.15, 0.2) is 10.7 Å². The smallest absolute Gasteiger partial charge is 0.407 e. The van der Waals surface area contributed by atoms with Gasteiger partial charge in [-0.25, -0.2) is 9.78 Å². The van der Waals surface area contributed by atoms with Gasteiger partial charge in [0.25, 0.3) is 0 Å². The highest BCUT2D eigenvalue weighted by Gasteiger charge is 2.51. The van der Waals surface area contributed by atoms with E-state index >= 15 is 0 Å². The number of aromatic nitrogens is 1. The third-order valence-electron chi connectivity index (χ3n) is 7.47. The summed E-state index contributed by atoms with van der Waals surface area (Å²) in [4.78, 5) is 31.1. The molecule has 0 bridgehead atoms. The van der Waals surface area contributed by atoms with Crippen molar-refractivity contribution < 1.29 is 18.7 Å². The molecule has 3 fully saturated rings. The van der Waals surface area contributed by atoms with Crippen molar-refractivity contribution >= 4 is 12.0 Å². The number of oxazole rings is 1. The van der Waals surface area contributed by atoms with Crippen LogP contribution in [-0.2, 0) is 14.9 Å². The van der Waals surface area contributed by atoms with Gasteiger partial charge in [-0.05, 0) is 50.9 Å². The molecule has 7 nitrogen and oxygen atoms in total. The van der Waals surface area contributed by atoms with Crippen molar-refractivity contribution in [2.24, 2.45) is 11.3 Å². The molecule has 7 heteroatoms. The number of carbonyl (C=O) groups is 2. The Kier molecular flexibility index (Phi) is 5.14. The summed E-state index contributed by atoms with van der Waals surface area (Å²) >= 11 is 0. The summed E-state index contributed by atoms with van der Waals surface area (Å²) in [5.74, 6) is 1.56. The van der Waals surface area contributed by atoms with Crippen LogP contribution in [0.5, 0.6) is 0 Å². The minimum atomic E-state index is -0.427. The van der Waals surface area contributed by atoms with E-state index in [2.05, 4.69) is 30.8 Å². The van der Waals surface area contributed by atoms with Crippen LogP contribution >= 0.6 is 0 Å². The number of methoxy groups -OCH3 is 1. The second-order valence-electron chi connectivity index (χ2n) is 11.0. The molecule has 1 N–H and O–H groups in total. The van der Waals surface area contributed by atoms with Gasteiger partial charge < -0.3 is 19.4 Å². The van der Waals surface area contributed by atoms with E-state index in [0.29, 0.717) is 24.2 Å². The van der Waals surface area contributed by atoms with E-state index < -0.39 is 6.09 Å². The number of nitrogens with zero attached hydrogens (tertiary/aromatic N) is 2. The number of nitrogens with one attached hydrogen (secondary N) is 1. The maximum atomic E-state index is 12.9. The van der Waals surface area contributed by atoms with Crippen LogP contribution in [0.3, 0.4) is 0 Å². The van der Waals surface area contributed by atoms with Crippen molar-refractivity contribution in [2.75, 3.05) is 20.2 Å². The van der Waals surface area contributed by atoms with Crippen molar-refractivity contribution in [1.82, 2.24) is 15.2 Å². The molecule has 2 amide bonds. The molecule has 2 heterocycles. The normalized spacial score (nSPS) is 28.6. The van der Waals surface area contributed by atoms with Crippen molar-refractivity contribution in [3.63, 3.8) is 0 Å². The van der Waals surface area contributed by atoms with Gasteiger partial charge in [0.15, 0.2) is 5.89 Å². The standard InChI is InChI=1S/C23H35N3O4/c1-21(2,3)17-14-30-18(24-17)15-12-23(13-15)6-8-26(9-7-23)19(27)16-10-22(4,11-16)25-20(28)29-5/h14-16H,6-13H2,1-5H3,(H,25,28)/t16-,22+. The lowest BCUT2D eigenvalue weighted by atomic mass is 9.57. The first-order valence-electron chi connectivity index (χ1n) is 11.1. The van der Waals surface area contributed by atoms with Crippen LogP contribution in [-0.4, -0.2) is 47.6 Å². The molecule has 166 valence electrons. The summed E-state index contributed by atoms with van der Waals surface area (Å²) < 4.78 is 10.5. The average molecular weight is 418 g/mol. The van der Waals surface area contributed by atoms with E-state index in [1.807, 2.05) is 18.1 Å². The molecule has 1 saturated heterocycles. The molecule has 2 saturated carbocycles. The third-order valence-corrected chi connectivity index (χ3v) is 7.47. The summed E-state index contributed by atoms with van der Waals surface area (Å²) in [5, 5.41) is 2.85. The Morgan fingerprint density at radius 1 is 1.20 bits per heavy atom. The average Bonchev–Trinajstić information content (AvgIpc) is 3.13. The Balaban J connectivity index is 1.24. The van der Waals surface area contributed by atoms with Crippen LogP contribution in [0.4, 0.5) is 4.79 Å². The van der Waals surface area contributed by atoms with E-state index in [-0.39, 0.29) is 22.8 Å². The lowest BCUT2D eigenvalue weighted by Crippen LogP contribution is -2.59.